The van der Waals surface area contributed by atoms with Gasteiger partial charge >= 0.3 is 0 Å². The van der Waals surface area contributed by atoms with Gasteiger partial charge in [0.15, 0.2) is 0 Å². The van der Waals surface area contributed by atoms with Crippen molar-refractivity contribution in [2.75, 3.05) is 12.4 Å². The number of hydrogen-bond donors (Lipinski definition) is 2. The monoisotopic (exact) mass is 399 g/mol. The Kier molecular flexibility index (Phi) is 7.11. The number of amides is 2. The Morgan fingerprint density at radius 2 is 1.63 bits per heavy atom. The van der Waals surface area contributed by atoms with E-state index in [0.717, 1.165) is 11.1 Å². The lowest BCUT2D eigenvalue weighted by atomic mass is 10.2. The zero-order valence-electron chi connectivity index (χ0n) is 16.4. The van der Waals surface area contributed by atoms with Crippen LogP contribution in [0.1, 0.15) is 21.5 Å². The molecule has 0 aliphatic rings. The number of carbonyl (C=O) groups is 2. The minimum atomic E-state index is -0.351. The highest BCUT2D eigenvalue weighted by molar-refractivity contribution is 6.02. The van der Waals surface area contributed by atoms with Crippen molar-refractivity contribution in [3.8, 4) is 5.75 Å². The van der Waals surface area contributed by atoms with E-state index < -0.39 is 0 Å². The van der Waals surface area contributed by atoms with Crippen LogP contribution in [0, 0.1) is 0 Å². The molecule has 0 bridgehead atoms. The van der Waals surface area contributed by atoms with Crippen molar-refractivity contribution in [3.05, 3.63) is 102 Å². The summed E-state index contributed by atoms with van der Waals surface area (Å²) in [7, 11) is 1.59. The Morgan fingerprint density at radius 3 is 2.37 bits per heavy atom. The summed E-state index contributed by atoms with van der Waals surface area (Å²) in [6.45, 7) is 0. The van der Waals surface area contributed by atoms with Crippen LogP contribution in [-0.2, 0) is 4.79 Å². The number of rotatable bonds is 7. The van der Waals surface area contributed by atoms with E-state index in [2.05, 4.69) is 15.8 Å². The van der Waals surface area contributed by atoms with Gasteiger partial charge < -0.3 is 10.1 Å². The first kappa shape index (κ1) is 20.5. The molecule has 0 heterocycles. The topological polar surface area (TPSA) is 79.8 Å². The van der Waals surface area contributed by atoms with Gasteiger partial charge in [0.1, 0.15) is 5.75 Å². The van der Waals surface area contributed by atoms with Crippen LogP contribution in [0.2, 0.25) is 0 Å². The Bertz CT molecular complexity index is 1060. The Morgan fingerprint density at radius 1 is 0.900 bits per heavy atom. The van der Waals surface area contributed by atoms with Crippen molar-refractivity contribution >= 4 is 29.8 Å². The number of methoxy groups -OCH3 is 1. The highest BCUT2D eigenvalue weighted by Crippen LogP contribution is 2.12. The molecule has 3 rings (SSSR count). The molecule has 0 fully saturated rings. The maximum absolute atomic E-state index is 12.2. The van der Waals surface area contributed by atoms with E-state index in [9.17, 15) is 9.59 Å². The fraction of sp³-hybridized carbons (Fsp3) is 0.0417. The van der Waals surface area contributed by atoms with Gasteiger partial charge in [-0.2, -0.15) is 5.10 Å². The van der Waals surface area contributed by atoms with Crippen molar-refractivity contribution in [3.63, 3.8) is 0 Å². The number of nitrogens with one attached hydrogen (secondary N) is 2. The lowest BCUT2D eigenvalue weighted by molar-refractivity contribution is -0.111. The molecule has 6 heteroatoms. The van der Waals surface area contributed by atoms with E-state index in [4.69, 9.17) is 4.74 Å². The van der Waals surface area contributed by atoms with E-state index in [0.29, 0.717) is 17.0 Å². The third-order valence-corrected chi connectivity index (χ3v) is 4.11. The van der Waals surface area contributed by atoms with Crippen molar-refractivity contribution < 1.29 is 14.3 Å². The Hall–Kier alpha value is -4.19. The summed E-state index contributed by atoms with van der Waals surface area (Å²) in [6.07, 6.45) is 4.73. The van der Waals surface area contributed by atoms with Gasteiger partial charge in [-0.25, -0.2) is 5.43 Å². The smallest absolute Gasteiger partial charge is 0.271 e. The standard InChI is InChI=1S/C24H21N3O3/c1-30-22-9-5-8-19(16-22)17-25-27-24(29)20-11-13-21(14-12-20)26-23(28)15-10-18-6-3-2-4-7-18/h2-17H,1H3,(H,26,28)(H,27,29)/b15-10+,25-17-. The molecule has 0 atom stereocenters. The highest BCUT2D eigenvalue weighted by atomic mass is 16.5. The fourth-order valence-electron chi connectivity index (χ4n) is 2.58. The minimum absolute atomic E-state index is 0.251. The SMILES string of the molecule is COc1cccc(/C=N\NC(=O)c2ccc(NC(=O)/C=C/c3ccccc3)cc2)c1. The molecule has 30 heavy (non-hydrogen) atoms. The first-order valence-electron chi connectivity index (χ1n) is 9.26. The molecule has 3 aromatic rings. The number of anilines is 1. The van der Waals surface area contributed by atoms with E-state index in [1.165, 1.54) is 12.3 Å². The summed E-state index contributed by atoms with van der Waals surface area (Å²) in [5.74, 6) is 0.108. The second-order valence-corrected chi connectivity index (χ2v) is 6.29. The first-order chi connectivity index (χ1) is 14.6. The molecule has 2 N–H and O–H groups in total. The van der Waals surface area contributed by atoms with E-state index in [1.54, 1.807) is 43.5 Å². The summed E-state index contributed by atoms with van der Waals surface area (Å²) in [6, 6.07) is 23.4. The van der Waals surface area contributed by atoms with Crippen molar-refractivity contribution in [1.29, 1.82) is 0 Å². The minimum Gasteiger partial charge on any atom is -0.497 e. The van der Waals surface area contributed by atoms with Gasteiger partial charge in [0.25, 0.3) is 5.91 Å². The van der Waals surface area contributed by atoms with Crippen LogP contribution in [0.25, 0.3) is 6.08 Å². The second-order valence-electron chi connectivity index (χ2n) is 6.29. The fourth-order valence-corrected chi connectivity index (χ4v) is 2.58. The van der Waals surface area contributed by atoms with Gasteiger partial charge in [-0.05, 0) is 53.6 Å². The molecule has 3 aromatic carbocycles. The molecular weight excluding hydrogens is 378 g/mol. The molecule has 0 saturated carbocycles. The van der Waals surface area contributed by atoms with Gasteiger partial charge in [-0.15, -0.1) is 0 Å². The normalized spacial score (nSPS) is 10.8. The molecule has 6 nitrogen and oxygen atoms in total. The number of ether oxygens (including phenoxy) is 1. The van der Waals surface area contributed by atoms with Gasteiger partial charge in [-0.3, -0.25) is 9.59 Å². The molecule has 2 amide bonds. The largest absolute Gasteiger partial charge is 0.497 e. The second kappa shape index (κ2) is 10.4. The van der Waals surface area contributed by atoms with Gasteiger partial charge in [0.2, 0.25) is 5.91 Å². The van der Waals surface area contributed by atoms with Gasteiger partial charge in [0, 0.05) is 17.3 Å². The molecule has 0 aliphatic carbocycles. The number of nitrogens with zero attached hydrogens (tertiary/aromatic N) is 1. The van der Waals surface area contributed by atoms with Crippen molar-refractivity contribution in [1.82, 2.24) is 5.43 Å². The highest BCUT2D eigenvalue weighted by Gasteiger charge is 2.05. The van der Waals surface area contributed by atoms with Gasteiger partial charge in [0.05, 0.1) is 13.3 Å². The summed E-state index contributed by atoms with van der Waals surface area (Å²) in [5.41, 5.74) is 5.23. The van der Waals surface area contributed by atoms with Crippen LogP contribution >= 0.6 is 0 Å². The third kappa shape index (κ3) is 6.17. The zero-order valence-corrected chi connectivity index (χ0v) is 16.4. The van der Waals surface area contributed by atoms with Crippen LogP contribution < -0.4 is 15.5 Å². The molecular formula is C24H21N3O3. The summed E-state index contributed by atoms with van der Waals surface area (Å²) in [4.78, 5) is 24.2. The van der Waals surface area contributed by atoms with Crippen LogP contribution in [0.15, 0.2) is 90.0 Å². The average Bonchev–Trinajstić information content (AvgIpc) is 2.79. The Balaban J connectivity index is 1.53. The first-order valence-corrected chi connectivity index (χ1v) is 9.26. The lowest BCUT2D eigenvalue weighted by Gasteiger charge is -2.04. The molecule has 150 valence electrons. The summed E-state index contributed by atoms with van der Waals surface area (Å²) >= 11 is 0. The van der Waals surface area contributed by atoms with Crippen LogP contribution in [-0.4, -0.2) is 25.1 Å². The number of carbonyl (C=O) groups excluding carboxylic acids is 2. The lowest BCUT2D eigenvalue weighted by Crippen LogP contribution is -2.17. The molecule has 0 aliphatic heterocycles. The quantitative estimate of drug-likeness (QED) is 0.356. The van der Waals surface area contributed by atoms with Crippen molar-refractivity contribution in [2.45, 2.75) is 0 Å². The molecule has 0 spiro atoms. The van der Waals surface area contributed by atoms with Crippen molar-refractivity contribution in [2.24, 2.45) is 5.10 Å². The van der Waals surface area contributed by atoms with E-state index >= 15 is 0 Å². The number of benzene rings is 3. The molecule has 0 unspecified atom stereocenters. The average molecular weight is 399 g/mol. The van der Waals surface area contributed by atoms with E-state index in [1.807, 2.05) is 48.5 Å². The van der Waals surface area contributed by atoms with Crippen LogP contribution in [0.4, 0.5) is 5.69 Å². The molecule has 0 aromatic heterocycles. The Labute approximate surface area is 174 Å². The zero-order chi connectivity index (χ0) is 21.2. The number of hydrogen-bond acceptors (Lipinski definition) is 4. The number of hydrazone groups is 1. The van der Waals surface area contributed by atoms with Gasteiger partial charge in [-0.1, -0.05) is 42.5 Å². The predicted octanol–water partition coefficient (Wildman–Crippen LogP) is 4.11. The van der Waals surface area contributed by atoms with Crippen LogP contribution in [0.3, 0.4) is 0 Å². The third-order valence-electron chi connectivity index (χ3n) is 4.11. The summed E-state index contributed by atoms with van der Waals surface area (Å²) in [5, 5.41) is 6.71. The van der Waals surface area contributed by atoms with Crippen LogP contribution in [0.5, 0.6) is 5.75 Å². The molecule has 0 radical (unpaired) electrons. The summed E-state index contributed by atoms with van der Waals surface area (Å²) < 4.78 is 5.14. The van der Waals surface area contributed by atoms with E-state index in [-0.39, 0.29) is 11.8 Å². The molecule has 0 saturated heterocycles. The maximum Gasteiger partial charge on any atom is 0.271 e. The maximum atomic E-state index is 12.2. The predicted molar refractivity (Wildman–Crippen MR) is 119 cm³/mol.